The highest BCUT2D eigenvalue weighted by atomic mass is 16.4. The van der Waals surface area contributed by atoms with E-state index in [1.165, 1.54) is 0 Å². The summed E-state index contributed by atoms with van der Waals surface area (Å²) in [6.07, 6.45) is 1.68. The molecule has 26 heavy (non-hydrogen) atoms. The maximum atomic E-state index is 12.7. The molecule has 0 aliphatic carbocycles. The molecular weight excluding hydrogens is 324 g/mol. The van der Waals surface area contributed by atoms with E-state index in [1.807, 2.05) is 78.9 Å². The van der Waals surface area contributed by atoms with Gasteiger partial charge >= 0.3 is 0 Å². The number of oxazole rings is 1. The molecule has 4 heteroatoms. The van der Waals surface area contributed by atoms with Crippen LogP contribution in [-0.2, 0) is 0 Å². The Bertz CT molecular complexity index is 1020. The molecule has 0 unspecified atom stereocenters. The van der Waals surface area contributed by atoms with Crippen LogP contribution in [0.2, 0.25) is 0 Å². The highest BCUT2D eigenvalue weighted by Crippen LogP contribution is 2.28. The second-order valence-electron chi connectivity index (χ2n) is 5.76. The molecule has 0 atom stereocenters. The summed E-state index contributed by atoms with van der Waals surface area (Å²) < 4.78 is 5.91. The van der Waals surface area contributed by atoms with Crippen LogP contribution in [0.5, 0.6) is 0 Å². The van der Waals surface area contributed by atoms with Crippen molar-refractivity contribution in [3.8, 4) is 22.8 Å². The van der Waals surface area contributed by atoms with Crippen LogP contribution in [0, 0.1) is 0 Å². The molecule has 0 aliphatic heterocycles. The van der Waals surface area contributed by atoms with Gasteiger partial charge in [-0.2, -0.15) is 0 Å². The predicted molar refractivity (Wildman–Crippen MR) is 102 cm³/mol. The minimum Gasteiger partial charge on any atom is -0.436 e. The van der Waals surface area contributed by atoms with Gasteiger partial charge in [-0.1, -0.05) is 60.7 Å². The number of para-hydroxylation sites is 1. The van der Waals surface area contributed by atoms with Crippen molar-refractivity contribution in [1.82, 2.24) is 4.98 Å². The third-order valence-corrected chi connectivity index (χ3v) is 4.00. The zero-order chi connectivity index (χ0) is 17.8. The van der Waals surface area contributed by atoms with Gasteiger partial charge in [-0.15, -0.1) is 0 Å². The van der Waals surface area contributed by atoms with Crippen molar-refractivity contribution in [2.75, 3.05) is 5.32 Å². The van der Waals surface area contributed by atoms with E-state index in [0.717, 1.165) is 11.3 Å². The molecule has 1 amide bonds. The van der Waals surface area contributed by atoms with Crippen LogP contribution in [0.15, 0.2) is 95.5 Å². The van der Waals surface area contributed by atoms with Crippen molar-refractivity contribution >= 4 is 11.6 Å². The zero-order valence-corrected chi connectivity index (χ0v) is 13.9. The fourth-order valence-corrected chi connectivity index (χ4v) is 2.72. The second kappa shape index (κ2) is 7.07. The molecule has 3 aromatic carbocycles. The minimum atomic E-state index is -0.203. The van der Waals surface area contributed by atoms with Crippen LogP contribution in [0.3, 0.4) is 0 Å². The van der Waals surface area contributed by atoms with Gasteiger partial charge in [0, 0.05) is 16.8 Å². The molecular formula is C22H16N2O2. The van der Waals surface area contributed by atoms with Gasteiger partial charge in [-0.25, -0.2) is 4.98 Å². The number of rotatable bonds is 4. The maximum absolute atomic E-state index is 12.7. The van der Waals surface area contributed by atoms with Crippen molar-refractivity contribution in [2.45, 2.75) is 0 Å². The molecule has 0 bridgehead atoms. The number of hydrogen-bond donors (Lipinski definition) is 1. The number of hydrogen-bond acceptors (Lipinski definition) is 3. The quantitative estimate of drug-likeness (QED) is 0.551. The monoisotopic (exact) mass is 340 g/mol. The van der Waals surface area contributed by atoms with E-state index in [1.54, 1.807) is 12.3 Å². The van der Waals surface area contributed by atoms with Crippen LogP contribution in [0.4, 0.5) is 5.69 Å². The van der Waals surface area contributed by atoms with Crippen molar-refractivity contribution in [3.63, 3.8) is 0 Å². The number of amides is 1. The van der Waals surface area contributed by atoms with E-state index >= 15 is 0 Å². The van der Waals surface area contributed by atoms with Crippen LogP contribution < -0.4 is 5.32 Å². The Balaban J connectivity index is 1.66. The van der Waals surface area contributed by atoms with Crippen molar-refractivity contribution < 1.29 is 9.21 Å². The van der Waals surface area contributed by atoms with Gasteiger partial charge in [-0.3, -0.25) is 4.79 Å². The Morgan fingerprint density at radius 2 is 1.46 bits per heavy atom. The van der Waals surface area contributed by atoms with Gasteiger partial charge in [0.15, 0.2) is 5.76 Å². The molecule has 0 saturated carbocycles. The molecule has 126 valence electrons. The smallest absolute Gasteiger partial charge is 0.256 e. The number of carbonyl (C=O) groups excluding carboxylic acids is 1. The van der Waals surface area contributed by atoms with Gasteiger partial charge in [0.2, 0.25) is 5.89 Å². The first-order valence-corrected chi connectivity index (χ1v) is 8.28. The Kier molecular flexibility index (Phi) is 4.31. The van der Waals surface area contributed by atoms with E-state index in [0.29, 0.717) is 22.8 Å². The van der Waals surface area contributed by atoms with Gasteiger partial charge in [-0.05, 0) is 24.3 Å². The van der Waals surface area contributed by atoms with Gasteiger partial charge in [0.1, 0.15) is 0 Å². The molecule has 4 rings (SSSR count). The summed E-state index contributed by atoms with van der Waals surface area (Å²) in [5, 5.41) is 2.90. The summed E-state index contributed by atoms with van der Waals surface area (Å²) in [5.74, 6) is 0.882. The molecule has 0 fully saturated rings. The number of carbonyl (C=O) groups is 1. The second-order valence-corrected chi connectivity index (χ2v) is 5.76. The molecule has 0 saturated heterocycles. The van der Waals surface area contributed by atoms with E-state index < -0.39 is 0 Å². The lowest BCUT2D eigenvalue weighted by molar-refractivity contribution is 0.102. The van der Waals surface area contributed by atoms with E-state index in [-0.39, 0.29) is 5.91 Å². The fraction of sp³-hybridized carbons (Fsp3) is 0. The minimum absolute atomic E-state index is 0.203. The highest BCUT2D eigenvalue weighted by Gasteiger charge is 2.17. The van der Waals surface area contributed by atoms with E-state index in [9.17, 15) is 4.79 Å². The van der Waals surface area contributed by atoms with Gasteiger partial charge in [0.05, 0.1) is 11.8 Å². The predicted octanol–water partition coefficient (Wildman–Crippen LogP) is 5.26. The Morgan fingerprint density at radius 1 is 0.808 bits per heavy atom. The third-order valence-electron chi connectivity index (χ3n) is 4.00. The number of anilines is 1. The Labute approximate surface area is 151 Å². The lowest BCUT2D eigenvalue weighted by Gasteiger charge is -2.08. The van der Waals surface area contributed by atoms with Crippen LogP contribution >= 0.6 is 0 Å². The molecule has 4 nitrogen and oxygen atoms in total. The summed E-state index contributed by atoms with van der Waals surface area (Å²) >= 11 is 0. The van der Waals surface area contributed by atoms with Gasteiger partial charge < -0.3 is 9.73 Å². The molecule has 1 aromatic heterocycles. The topological polar surface area (TPSA) is 55.1 Å². The maximum Gasteiger partial charge on any atom is 0.256 e. The lowest BCUT2D eigenvalue weighted by Crippen LogP contribution is -2.13. The first-order chi connectivity index (χ1) is 12.8. The molecule has 4 aromatic rings. The van der Waals surface area contributed by atoms with Gasteiger partial charge in [0.25, 0.3) is 5.91 Å². The third kappa shape index (κ3) is 3.26. The first kappa shape index (κ1) is 15.8. The normalized spacial score (nSPS) is 10.5. The summed E-state index contributed by atoms with van der Waals surface area (Å²) in [5.41, 5.74) is 2.85. The number of benzene rings is 3. The summed E-state index contributed by atoms with van der Waals surface area (Å²) in [6.45, 7) is 0. The fourth-order valence-electron chi connectivity index (χ4n) is 2.72. The zero-order valence-electron chi connectivity index (χ0n) is 13.9. The van der Waals surface area contributed by atoms with Crippen LogP contribution in [0.25, 0.3) is 22.8 Å². The average molecular weight is 340 g/mol. The van der Waals surface area contributed by atoms with Crippen LogP contribution in [0.1, 0.15) is 10.4 Å². The SMILES string of the molecule is O=C(Nc1ccccc1)c1ccccc1-c1ncc(-c2ccccc2)o1. The molecule has 0 aliphatic rings. The first-order valence-electron chi connectivity index (χ1n) is 8.28. The number of nitrogens with one attached hydrogen (secondary N) is 1. The molecule has 0 spiro atoms. The molecule has 1 N–H and O–H groups in total. The number of nitrogens with zero attached hydrogens (tertiary/aromatic N) is 1. The molecule has 0 radical (unpaired) electrons. The largest absolute Gasteiger partial charge is 0.436 e. The standard InChI is InChI=1S/C22H16N2O2/c25-21(24-17-11-5-2-6-12-17)18-13-7-8-14-19(18)22-23-15-20(26-22)16-9-3-1-4-10-16/h1-15H,(H,24,25). The van der Waals surface area contributed by atoms with Crippen molar-refractivity contribution in [1.29, 1.82) is 0 Å². The Hall–Kier alpha value is -3.66. The lowest BCUT2D eigenvalue weighted by atomic mass is 10.1. The van der Waals surface area contributed by atoms with E-state index in [4.69, 9.17) is 4.42 Å². The summed E-state index contributed by atoms with van der Waals surface area (Å²) in [7, 11) is 0. The van der Waals surface area contributed by atoms with Crippen molar-refractivity contribution in [3.05, 3.63) is 96.7 Å². The van der Waals surface area contributed by atoms with Crippen molar-refractivity contribution in [2.24, 2.45) is 0 Å². The summed E-state index contributed by atoms with van der Waals surface area (Å²) in [4.78, 5) is 17.1. The van der Waals surface area contributed by atoms with Crippen LogP contribution in [-0.4, -0.2) is 10.9 Å². The highest BCUT2D eigenvalue weighted by molar-refractivity contribution is 6.08. The summed E-state index contributed by atoms with van der Waals surface area (Å²) in [6, 6.07) is 26.4. The number of aromatic nitrogens is 1. The molecule has 1 heterocycles. The van der Waals surface area contributed by atoms with E-state index in [2.05, 4.69) is 10.3 Å². The average Bonchev–Trinajstić information content (AvgIpc) is 3.19. The Morgan fingerprint density at radius 3 is 2.23 bits per heavy atom.